The highest BCUT2D eigenvalue weighted by Crippen LogP contribution is 2.21. The summed E-state index contributed by atoms with van der Waals surface area (Å²) in [5, 5.41) is 8.74. The minimum atomic E-state index is -0.779. The molecule has 2 aromatic rings. The van der Waals surface area contributed by atoms with Crippen molar-refractivity contribution >= 4 is 5.97 Å². The van der Waals surface area contributed by atoms with Gasteiger partial charge in [0.15, 0.2) is 0 Å². The maximum Gasteiger partial charge on any atom is 0.305 e. The lowest BCUT2D eigenvalue weighted by Crippen LogP contribution is -2.07. The minimum absolute atomic E-state index is 0.133. The number of pyridine rings is 1. The highest BCUT2D eigenvalue weighted by atomic mass is 16.4. The fourth-order valence-corrected chi connectivity index (χ4v) is 1.85. The van der Waals surface area contributed by atoms with Gasteiger partial charge in [-0.25, -0.2) is 0 Å². The highest BCUT2D eigenvalue weighted by Gasteiger charge is 2.08. The Balaban J connectivity index is 2.32. The summed E-state index contributed by atoms with van der Waals surface area (Å²) in [5.74, 6) is -0.779. The third kappa shape index (κ3) is 2.53. The summed E-state index contributed by atoms with van der Waals surface area (Å²) in [6, 6.07) is 7.85. The van der Waals surface area contributed by atoms with E-state index >= 15 is 0 Å². The number of aliphatic carboxylic acids is 1. The molecule has 0 saturated carbocycles. The standard InChI is InChI=1S/C13H14N2O2/c1-10-2-3-12(11-4-7-14-8-5-11)15(10)9-6-13(16)17/h2-5,7-8H,6,9H2,1H3,(H,16,17). The van der Waals surface area contributed by atoms with Crippen LogP contribution in [0.25, 0.3) is 11.3 Å². The molecule has 88 valence electrons. The molecule has 0 spiro atoms. The van der Waals surface area contributed by atoms with Crippen molar-refractivity contribution in [1.29, 1.82) is 0 Å². The number of aromatic nitrogens is 2. The molecule has 0 bridgehead atoms. The lowest BCUT2D eigenvalue weighted by Gasteiger charge is -2.10. The van der Waals surface area contributed by atoms with Crippen molar-refractivity contribution in [3.63, 3.8) is 0 Å². The molecule has 0 aliphatic rings. The first-order chi connectivity index (χ1) is 8.18. The molecule has 0 aromatic carbocycles. The zero-order valence-electron chi connectivity index (χ0n) is 9.63. The van der Waals surface area contributed by atoms with Crippen LogP contribution in [0.3, 0.4) is 0 Å². The Labute approximate surface area is 99.5 Å². The van der Waals surface area contributed by atoms with Crippen molar-refractivity contribution < 1.29 is 9.90 Å². The van der Waals surface area contributed by atoms with Crippen LogP contribution in [0.1, 0.15) is 12.1 Å². The van der Waals surface area contributed by atoms with E-state index in [4.69, 9.17) is 5.11 Å². The van der Waals surface area contributed by atoms with Crippen molar-refractivity contribution in [3.8, 4) is 11.3 Å². The zero-order chi connectivity index (χ0) is 12.3. The zero-order valence-corrected chi connectivity index (χ0v) is 9.63. The number of aryl methyl sites for hydroxylation is 1. The topological polar surface area (TPSA) is 55.1 Å². The van der Waals surface area contributed by atoms with Crippen molar-refractivity contribution in [2.45, 2.75) is 19.9 Å². The van der Waals surface area contributed by atoms with Gasteiger partial charge in [0.05, 0.1) is 6.42 Å². The van der Waals surface area contributed by atoms with E-state index < -0.39 is 5.97 Å². The highest BCUT2D eigenvalue weighted by molar-refractivity contribution is 5.67. The Hall–Kier alpha value is -2.10. The molecule has 0 fully saturated rings. The van der Waals surface area contributed by atoms with E-state index in [1.54, 1.807) is 12.4 Å². The lowest BCUT2D eigenvalue weighted by molar-refractivity contribution is -0.137. The van der Waals surface area contributed by atoms with E-state index in [2.05, 4.69) is 4.98 Å². The third-order valence-electron chi connectivity index (χ3n) is 2.72. The number of hydrogen-bond acceptors (Lipinski definition) is 2. The SMILES string of the molecule is Cc1ccc(-c2ccncc2)n1CCC(=O)O. The van der Waals surface area contributed by atoms with Crippen molar-refractivity contribution in [2.24, 2.45) is 0 Å². The molecule has 1 N–H and O–H groups in total. The van der Waals surface area contributed by atoms with Gasteiger partial charge in [0.1, 0.15) is 0 Å². The van der Waals surface area contributed by atoms with Crippen LogP contribution < -0.4 is 0 Å². The van der Waals surface area contributed by atoms with Crippen LogP contribution in [0, 0.1) is 6.92 Å². The summed E-state index contributed by atoms with van der Waals surface area (Å²) in [6.45, 7) is 2.47. The number of carboxylic acids is 1. The van der Waals surface area contributed by atoms with E-state index in [1.807, 2.05) is 35.8 Å². The summed E-state index contributed by atoms with van der Waals surface area (Å²) in [7, 11) is 0. The second-order valence-electron chi connectivity index (χ2n) is 3.89. The van der Waals surface area contributed by atoms with Gasteiger partial charge in [-0.1, -0.05) is 0 Å². The van der Waals surface area contributed by atoms with Gasteiger partial charge < -0.3 is 9.67 Å². The molecule has 0 saturated heterocycles. The average molecular weight is 230 g/mol. The molecule has 4 heteroatoms. The van der Waals surface area contributed by atoms with E-state index in [0.717, 1.165) is 17.0 Å². The van der Waals surface area contributed by atoms with Crippen LogP contribution in [0.2, 0.25) is 0 Å². The van der Waals surface area contributed by atoms with Gasteiger partial charge in [0.25, 0.3) is 0 Å². The fraction of sp³-hybridized carbons (Fsp3) is 0.231. The van der Waals surface area contributed by atoms with E-state index in [1.165, 1.54) is 0 Å². The molecule has 0 aliphatic heterocycles. The van der Waals surface area contributed by atoms with E-state index in [0.29, 0.717) is 6.54 Å². The smallest absolute Gasteiger partial charge is 0.305 e. The monoisotopic (exact) mass is 230 g/mol. The average Bonchev–Trinajstić information content (AvgIpc) is 2.69. The van der Waals surface area contributed by atoms with Crippen molar-refractivity contribution in [2.75, 3.05) is 0 Å². The molecule has 4 nitrogen and oxygen atoms in total. The Morgan fingerprint density at radius 3 is 2.65 bits per heavy atom. The predicted octanol–water partition coefficient (Wildman–Crippen LogP) is 2.33. The second kappa shape index (κ2) is 4.82. The van der Waals surface area contributed by atoms with Gasteiger partial charge in [0, 0.05) is 35.9 Å². The molecular weight excluding hydrogens is 216 g/mol. The molecule has 2 aromatic heterocycles. The van der Waals surface area contributed by atoms with Gasteiger partial charge in [-0.05, 0) is 31.2 Å². The number of carboxylic acid groups (broad SMARTS) is 1. The van der Waals surface area contributed by atoms with Gasteiger partial charge in [-0.2, -0.15) is 0 Å². The Kier molecular flexibility index (Phi) is 3.23. The number of carbonyl (C=O) groups is 1. The van der Waals surface area contributed by atoms with E-state index in [9.17, 15) is 4.79 Å². The number of hydrogen-bond donors (Lipinski definition) is 1. The summed E-state index contributed by atoms with van der Waals surface area (Å²) >= 11 is 0. The van der Waals surface area contributed by atoms with Gasteiger partial charge in [-0.3, -0.25) is 9.78 Å². The van der Waals surface area contributed by atoms with Crippen LogP contribution >= 0.6 is 0 Å². The Morgan fingerprint density at radius 2 is 2.00 bits per heavy atom. The molecule has 0 radical (unpaired) electrons. The lowest BCUT2D eigenvalue weighted by atomic mass is 10.2. The molecule has 0 amide bonds. The Bertz CT molecular complexity index is 517. The maximum atomic E-state index is 10.6. The Morgan fingerprint density at radius 1 is 1.29 bits per heavy atom. The normalized spacial score (nSPS) is 10.4. The van der Waals surface area contributed by atoms with Crippen LogP contribution in [0.15, 0.2) is 36.7 Å². The predicted molar refractivity (Wildman–Crippen MR) is 64.7 cm³/mol. The summed E-state index contributed by atoms with van der Waals surface area (Å²) < 4.78 is 2.02. The van der Waals surface area contributed by atoms with Crippen LogP contribution in [-0.4, -0.2) is 20.6 Å². The number of rotatable bonds is 4. The third-order valence-corrected chi connectivity index (χ3v) is 2.72. The largest absolute Gasteiger partial charge is 0.481 e. The first kappa shape index (κ1) is 11.4. The van der Waals surface area contributed by atoms with Gasteiger partial charge >= 0.3 is 5.97 Å². The minimum Gasteiger partial charge on any atom is -0.481 e. The molecule has 0 aliphatic carbocycles. The quantitative estimate of drug-likeness (QED) is 0.877. The number of nitrogens with zero attached hydrogens (tertiary/aromatic N) is 2. The van der Waals surface area contributed by atoms with Gasteiger partial charge in [0.2, 0.25) is 0 Å². The van der Waals surface area contributed by atoms with Gasteiger partial charge in [-0.15, -0.1) is 0 Å². The molecule has 0 unspecified atom stereocenters. The van der Waals surface area contributed by atoms with E-state index in [-0.39, 0.29) is 6.42 Å². The van der Waals surface area contributed by atoms with Crippen LogP contribution in [-0.2, 0) is 11.3 Å². The summed E-state index contributed by atoms with van der Waals surface area (Å²) in [6.07, 6.45) is 3.60. The summed E-state index contributed by atoms with van der Waals surface area (Å²) in [4.78, 5) is 14.6. The second-order valence-corrected chi connectivity index (χ2v) is 3.89. The molecular formula is C13H14N2O2. The maximum absolute atomic E-state index is 10.6. The van der Waals surface area contributed by atoms with Crippen LogP contribution in [0.4, 0.5) is 0 Å². The first-order valence-electron chi connectivity index (χ1n) is 5.47. The first-order valence-corrected chi connectivity index (χ1v) is 5.47. The molecule has 2 rings (SSSR count). The van der Waals surface area contributed by atoms with Crippen LogP contribution in [0.5, 0.6) is 0 Å². The van der Waals surface area contributed by atoms with Crippen molar-refractivity contribution in [3.05, 3.63) is 42.4 Å². The molecule has 2 heterocycles. The molecule has 0 atom stereocenters. The summed E-state index contributed by atoms with van der Waals surface area (Å²) in [5.41, 5.74) is 3.16. The van der Waals surface area contributed by atoms with Crippen molar-refractivity contribution in [1.82, 2.24) is 9.55 Å². The molecule has 17 heavy (non-hydrogen) atoms. The fourth-order valence-electron chi connectivity index (χ4n) is 1.85.